The van der Waals surface area contributed by atoms with Gasteiger partial charge in [-0.3, -0.25) is 14.5 Å². The molecule has 8 heteroatoms. The van der Waals surface area contributed by atoms with E-state index in [1.165, 1.54) is 0 Å². The van der Waals surface area contributed by atoms with Crippen molar-refractivity contribution in [2.75, 3.05) is 26.7 Å². The van der Waals surface area contributed by atoms with Crippen LogP contribution in [0.4, 0.5) is 0 Å². The van der Waals surface area contributed by atoms with Gasteiger partial charge in [0.2, 0.25) is 5.91 Å². The lowest BCUT2D eigenvalue weighted by Crippen LogP contribution is -2.60. The van der Waals surface area contributed by atoms with Crippen LogP contribution in [0.15, 0.2) is 34.9 Å². The summed E-state index contributed by atoms with van der Waals surface area (Å²) in [6.07, 6.45) is 3.51. The van der Waals surface area contributed by atoms with Gasteiger partial charge in [0, 0.05) is 13.1 Å². The Morgan fingerprint density at radius 3 is 2.58 bits per heavy atom. The van der Waals surface area contributed by atoms with Crippen molar-refractivity contribution >= 4 is 11.8 Å². The number of amides is 2. The van der Waals surface area contributed by atoms with Crippen LogP contribution in [0, 0.1) is 12.3 Å². The first-order valence-corrected chi connectivity index (χ1v) is 10.8. The Hall–Kier alpha value is -2.87. The van der Waals surface area contributed by atoms with Crippen LogP contribution >= 0.6 is 0 Å². The molecule has 1 atom stereocenters. The van der Waals surface area contributed by atoms with Gasteiger partial charge in [0.1, 0.15) is 18.1 Å². The molecule has 2 fully saturated rings. The van der Waals surface area contributed by atoms with E-state index in [1.54, 1.807) is 11.8 Å². The summed E-state index contributed by atoms with van der Waals surface area (Å²) in [5, 5.41) is 4.03. The molecule has 1 aromatic heterocycles. The summed E-state index contributed by atoms with van der Waals surface area (Å²) < 4.78 is 11.1. The number of aromatic nitrogens is 1. The van der Waals surface area contributed by atoms with E-state index < -0.39 is 0 Å². The number of likely N-dealkylation sites (N-methyl/N-ethyl adjacent to an activating group) is 1. The number of ether oxygens (including phenoxy) is 1. The van der Waals surface area contributed by atoms with Crippen molar-refractivity contribution < 1.29 is 18.8 Å². The number of hydrogen-bond acceptors (Lipinski definition) is 6. The van der Waals surface area contributed by atoms with Crippen LogP contribution in [0.2, 0.25) is 0 Å². The van der Waals surface area contributed by atoms with Gasteiger partial charge in [-0.25, -0.2) is 0 Å². The molecule has 2 aliphatic rings. The molecule has 2 N–H and O–H groups in total. The Labute approximate surface area is 182 Å². The molecule has 1 unspecified atom stereocenters. The Balaban J connectivity index is 1.45. The molecule has 2 aromatic rings. The Bertz CT molecular complexity index is 934. The minimum atomic E-state index is -0.275. The Morgan fingerprint density at radius 1 is 1.19 bits per heavy atom. The van der Waals surface area contributed by atoms with Crippen LogP contribution in [0.5, 0.6) is 5.75 Å². The number of benzene rings is 1. The van der Waals surface area contributed by atoms with Crippen LogP contribution in [-0.4, -0.2) is 59.5 Å². The summed E-state index contributed by atoms with van der Waals surface area (Å²) in [5.41, 5.74) is 6.57. The maximum atomic E-state index is 13.2. The van der Waals surface area contributed by atoms with Crippen molar-refractivity contribution in [3.8, 4) is 5.75 Å². The zero-order valence-electron chi connectivity index (χ0n) is 18.2. The van der Waals surface area contributed by atoms with Crippen LogP contribution in [-0.2, 0) is 11.4 Å². The van der Waals surface area contributed by atoms with Crippen LogP contribution < -0.4 is 10.5 Å². The summed E-state index contributed by atoms with van der Waals surface area (Å²) in [6.45, 7) is 4.02. The Morgan fingerprint density at radius 2 is 1.90 bits per heavy atom. The van der Waals surface area contributed by atoms with E-state index in [0.717, 1.165) is 38.0 Å². The van der Waals surface area contributed by atoms with E-state index in [-0.39, 0.29) is 29.9 Å². The highest BCUT2D eigenvalue weighted by Gasteiger charge is 2.48. The van der Waals surface area contributed by atoms with Crippen molar-refractivity contribution in [1.82, 2.24) is 15.0 Å². The number of nitrogens with two attached hydrogens (primary N) is 1. The number of aryl methyl sites for hydroxylation is 1. The molecule has 2 saturated heterocycles. The van der Waals surface area contributed by atoms with Gasteiger partial charge < -0.3 is 19.9 Å². The number of nitrogens with zero attached hydrogens (tertiary/aromatic N) is 3. The molecule has 0 saturated carbocycles. The number of para-hydroxylation sites is 1. The van der Waals surface area contributed by atoms with E-state index in [0.29, 0.717) is 30.1 Å². The minimum absolute atomic E-state index is 0.154. The number of carbonyl (C=O) groups is 2. The predicted molar refractivity (Wildman–Crippen MR) is 114 cm³/mol. The van der Waals surface area contributed by atoms with Gasteiger partial charge in [0.05, 0.1) is 11.6 Å². The summed E-state index contributed by atoms with van der Waals surface area (Å²) in [7, 11) is 1.96. The Kier molecular flexibility index (Phi) is 6.00. The monoisotopic (exact) mass is 426 g/mol. The number of primary amides is 1. The average molecular weight is 427 g/mol. The lowest BCUT2D eigenvalue weighted by atomic mass is 9.66. The summed E-state index contributed by atoms with van der Waals surface area (Å²) in [5.74, 6) is 0.878. The second kappa shape index (κ2) is 8.70. The van der Waals surface area contributed by atoms with Gasteiger partial charge in [-0.1, -0.05) is 23.4 Å². The third kappa shape index (κ3) is 4.17. The second-order valence-corrected chi connectivity index (χ2v) is 8.71. The van der Waals surface area contributed by atoms with Gasteiger partial charge in [0.15, 0.2) is 5.69 Å². The zero-order chi connectivity index (χ0) is 22.0. The molecule has 2 aliphatic heterocycles. The fourth-order valence-corrected chi connectivity index (χ4v) is 5.16. The molecule has 0 bridgehead atoms. The third-order valence-corrected chi connectivity index (χ3v) is 6.84. The van der Waals surface area contributed by atoms with E-state index in [1.807, 2.05) is 37.4 Å². The lowest BCUT2D eigenvalue weighted by Gasteiger charge is -2.51. The highest BCUT2D eigenvalue weighted by molar-refractivity contribution is 5.94. The number of rotatable bonds is 5. The van der Waals surface area contributed by atoms with Crippen molar-refractivity contribution in [3.05, 3.63) is 47.3 Å². The molecule has 166 valence electrons. The van der Waals surface area contributed by atoms with Crippen LogP contribution in [0.1, 0.15) is 47.5 Å². The molecule has 3 heterocycles. The van der Waals surface area contributed by atoms with Gasteiger partial charge in [-0.2, -0.15) is 0 Å². The molecule has 0 radical (unpaired) electrons. The maximum Gasteiger partial charge on any atom is 0.276 e. The van der Waals surface area contributed by atoms with Crippen molar-refractivity contribution in [3.63, 3.8) is 0 Å². The van der Waals surface area contributed by atoms with E-state index in [4.69, 9.17) is 15.0 Å². The number of carbonyl (C=O) groups excluding carboxylic acids is 2. The van der Waals surface area contributed by atoms with Crippen molar-refractivity contribution in [2.45, 2.75) is 45.3 Å². The average Bonchev–Trinajstić information content (AvgIpc) is 3.13. The number of piperidine rings is 2. The maximum absolute atomic E-state index is 13.2. The smallest absolute Gasteiger partial charge is 0.276 e. The highest BCUT2D eigenvalue weighted by atomic mass is 16.5. The summed E-state index contributed by atoms with van der Waals surface area (Å²) in [6, 6.07) is 9.17. The largest absolute Gasteiger partial charge is 0.489 e. The molecule has 8 nitrogen and oxygen atoms in total. The standard InChI is InChI=1S/C23H30N4O4/c1-16-18(15-30-17-7-4-3-5-8-17)19(25-31-16)22(29)27-13-10-23(11-14-27)9-6-12-26(2)20(23)21(24)28/h3-5,7-8,20H,6,9-15H2,1-2H3,(H2,24,28). The van der Waals surface area contributed by atoms with E-state index >= 15 is 0 Å². The first-order valence-electron chi connectivity index (χ1n) is 10.8. The normalized spacial score (nSPS) is 21.2. The SMILES string of the molecule is Cc1onc(C(=O)N2CCC3(CCCN(C)C3C(N)=O)CC2)c1COc1ccccc1. The fraction of sp³-hybridized carbons (Fsp3) is 0.522. The minimum Gasteiger partial charge on any atom is -0.489 e. The molecule has 2 amide bonds. The van der Waals surface area contributed by atoms with Crippen LogP contribution in [0.3, 0.4) is 0 Å². The van der Waals surface area contributed by atoms with Gasteiger partial charge in [0.25, 0.3) is 5.91 Å². The molecular weight excluding hydrogens is 396 g/mol. The molecule has 31 heavy (non-hydrogen) atoms. The topological polar surface area (TPSA) is 102 Å². The first-order chi connectivity index (χ1) is 14.9. The quantitative estimate of drug-likeness (QED) is 0.788. The van der Waals surface area contributed by atoms with Crippen molar-refractivity contribution in [2.24, 2.45) is 11.1 Å². The first kappa shape index (κ1) is 21.4. The molecule has 1 spiro atoms. The predicted octanol–water partition coefficient (Wildman–Crippen LogP) is 2.36. The second-order valence-electron chi connectivity index (χ2n) is 8.71. The van der Waals surface area contributed by atoms with Crippen LogP contribution in [0.25, 0.3) is 0 Å². The fourth-order valence-electron chi connectivity index (χ4n) is 5.16. The number of likely N-dealkylation sites (tertiary alicyclic amines) is 2. The molecule has 4 rings (SSSR count). The lowest BCUT2D eigenvalue weighted by molar-refractivity contribution is -0.132. The van der Waals surface area contributed by atoms with Gasteiger partial charge in [-0.05, 0) is 63.7 Å². The van der Waals surface area contributed by atoms with E-state index in [2.05, 4.69) is 10.1 Å². The van der Waals surface area contributed by atoms with Gasteiger partial charge >= 0.3 is 0 Å². The van der Waals surface area contributed by atoms with Crippen molar-refractivity contribution in [1.29, 1.82) is 0 Å². The highest BCUT2D eigenvalue weighted by Crippen LogP contribution is 2.44. The molecule has 1 aromatic carbocycles. The molecular formula is C23H30N4O4. The number of hydrogen-bond donors (Lipinski definition) is 1. The zero-order valence-corrected chi connectivity index (χ0v) is 18.2. The summed E-state index contributed by atoms with van der Waals surface area (Å²) in [4.78, 5) is 29.3. The molecule has 0 aliphatic carbocycles. The van der Waals surface area contributed by atoms with E-state index in [9.17, 15) is 9.59 Å². The third-order valence-electron chi connectivity index (χ3n) is 6.84. The van der Waals surface area contributed by atoms with Gasteiger partial charge in [-0.15, -0.1) is 0 Å². The summed E-state index contributed by atoms with van der Waals surface area (Å²) >= 11 is 0.